The Hall–Kier alpha value is -2.43. The number of anilines is 1. The quantitative estimate of drug-likeness (QED) is 0.341. The molecule has 4 aromatic rings. The average Bonchev–Trinajstić information content (AvgIpc) is 3.21. The lowest BCUT2D eigenvalue weighted by molar-refractivity contribution is 0.686. The molecule has 2 aliphatic rings. The number of halogens is 1. The molecule has 2 aromatic carbocycles. The molecule has 0 amide bonds. The van der Waals surface area contributed by atoms with Gasteiger partial charge in [0.15, 0.2) is 0 Å². The van der Waals surface area contributed by atoms with Crippen LogP contribution in [0.1, 0.15) is 35.1 Å². The molecule has 0 saturated carbocycles. The largest absolute Gasteiger partial charge is 0.351 e. The van der Waals surface area contributed by atoms with Crippen molar-refractivity contribution in [3.63, 3.8) is 0 Å². The molecule has 30 heavy (non-hydrogen) atoms. The van der Waals surface area contributed by atoms with Crippen LogP contribution in [0.3, 0.4) is 0 Å². The molecule has 0 unspecified atom stereocenters. The van der Waals surface area contributed by atoms with Crippen molar-refractivity contribution >= 4 is 39.0 Å². The van der Waals surface area contributed by atoms with Crippen LogP contribution in [0.25, 0.3) is 21.3 Å². The summed E-state index contributed by atoms with van der Waals surface area (Å²) in [5, 5.41) is 3.69. The number of hydrogen-bond donors (Lipinski definition) is 0. The second-order valence-electron chi connectivity index (χ2n) is 8.28. The van der Waals surface area contributed by atoms with Crippen LogP contribution in [0.15, 0.2) is 47.8 Å². The van der Waals surface area contributed by atoms with Gasteiger partial charge in [0.05, 0.1) is 5.39 Å². The van der Waals surface area contributed by atoms with E-state index in [2.05, 4.69) is 57.7 Å². The fraction of sp³-hybridized carbons (Fsp3) is 0.280. The minimum absolute atomic E-state index is 0.329. The summed E-state index contributed by atoms with van der Waals surface area (Å²) in [5.74, 6) is 0.966. The first-order valence-corrected chi connectivity index (χ1v) is 11.9. The molecule has 0 saturated heterocycles. The Kier molecular flexibility index (Phi) is 4.50. The van der Waals surface area contributed by atoms with Gasteiger partial charge in [0, 0.05) is 24.0 Å². The molecule has 5 heteroatoms. The zero-order chi connectivity index (χ0) is 20.1. The van der Waals surface area contributed by atoms with Gasteiger partial charge in [-0.2, -0.15) is 4.98 Å². The summed E-state index contributed by atoms with van der Waals surface area (Å²) in [4.78, 5) is 12.6. The van der Waals surface area contributed by atoms with Crippen molar-refractivity contribution < 1.29 is 0 Å². The van der Waals surface area contributed by atoms with Gasteiger partial charge in [0.1, 0.15) is 10.6 Å². The zero-order valence-electron chi connectivity index (χ0n) is 16.7. The number of thiophene rings is 1. The first-order chi connectivity index (χ1) is 14.8. The molecule has 0 bridgehead atoms. The van der Waals surface area contributed by atoms with Crippen LogP contribution in [-0.4, -0.2) is 16.5 Å². The van der Waals surface area contributed by atoms with Gasteiger partial charge < -0.3 is 4.90 Å². The summed E-state index contributed by atoms with van der Waals surface area (Å²) >= 11 is 8.01. The van der Waals surface area contributed by atoms with E-state index in [1.807, 2.05) is 0 Å². The lowest BCUT2D eigenvalue weighted by Gasteiger charge is -2.30. The van der Waals surface area contributed by atoms with Crippen LogP contribution in [-0.2, 0) is 25.8 Å². The normalized spacial score (nSPS) is 15.8. The Morgan fingerprint density at radius 2 is 1.67 bits per heavy atom. The molecule has 0 atom stereocenters. The van der Waals surface area contributed by atoms with E-state index in [1.54, 1.807) is 11.3 Å². The number of benzene rings is 2. The third-order valence-electron chi connectivity index (χ3n) is 6.48. The van der Waals surface area contributed by atoms with Gasteiger partial charge in [-0.25, -0.2) is 4.98 Å². The molecule has 0 fully saturated rings. The van der Waals surface area contributed by atoms with Crippen molar-refractivity contribution in [3.8, 4) is 11.1 Å². The highest BCUT2D eigenvalue weighted by Gasteiger charge is 2.23. The first-order valence-electron chi connectivity index (χ1n) is 10.6. The van der Waals surface area contributed by atoms with Crippen molar-refractivity contribution in [2.24, 2.45) is 0 Å². The van der Waals surface area contributed by atoms with E-state index in [0.29, 0.717) is 5.28 Å². The maximum Gasteiger partial charge on any atom is 0.225 e. The highest BCUT2D eigenvalue weighted by Crippen LogP contribution is 2.41. The molecule has 0 radical (unpaired) electrons. The fourth-order valence-corrected chi connectivity index (χ4v) is 6.07. The lowest BCUT2D eigenvalue weighted by atomic mass is 9.89. The van der Waals surface area contributed by atoms with E-state index >= 15 is 0 Å². The van der Waals surface area contributed by atoms with Gasteiger partial charge in [-0.3, -0.25) is 0 Å². The molecule has 2 aromatic heterocycles. The molecule has 150 valence electrons. The Labute approximate surface area is 185 Å². The van der Waals surface area contributed by atoms with Gasteiger partial charge in [-0.15, -0.1) is 11.3 Å². The second kappa shape index (κ2) is 7.36. The monoisotopic (exact) mass is 431 g/mol. The highest BCUT2D eigenvalue weighted by atomic mass is 35.5. The lowest BCUT2D eigenvalue weighted by Crippen LogP contribution is -2.31. The molecular weight excluding hydrogens is 410 g/mol. The predicted molar refractivity (Wildman–Crippen MR) is 126 cm³/mol. The SMILES string of the molecule is Clc1nc(N2CCc3ccccc3C2)c2c(-c3ccc4c(c3)CCCC4)csc2n1. The molecular formula is C25H22ClN3S. The second-order valence-corrected chi connectivity index (χ2v) is 9.47. The van der Waals surface area contributed by atoms with Crippen LogP contribution >= 0.6 is 22.9 Å². The van der Waals surface area contributed by atoms with E-state index in [4.69, 9.17) is 16.6 Å². The van der Waals surface area contributed by atoms with E-state index in [1.165, 1.54) is 59.1 Å². The Balaban J connectivity index is 1.48. The van der Waals surface area contributed by atoms with Gasteiger partial charge in [-0.1, -0.05) is 42.5 Å². The van der Waals surface area contributed by atoms with Gasteiger partial charge in [-0.05, 0) is 71.5 Å². The maximum absolute atomic E-state index is 6.35. The summed E-state index contributed by atoms with van der Waals surface area (Å²) in [7, 11) is 0. The van der Waals surface area contributed by atoms with E-state index in [9.17, 15) is 0 Å². The molecule has 6 rings (SSSR count). The van der Waals surface area contributed by atoms with Crippen molar-refractivity contribution in [2.75, 3.05) is 11.4 Å². The number of rotatable bonds is 2. The van der Waals surface area contributed by atoms with Crippen LogP contribution in [0.5, 0.6) is 0 Å². The van der Waals surface area contributed by atoms with Gasteiger partial charge in [0.2, 0.25) is 5.28 Å². The van der Waals surface area contributed by atoms with Crippen molar-refractivity contribution in [2.45, 2.75) is 38.6 Å². The van der Waals surface area contributed by atoms with E-state index < -0.39 is 0 Å². The highest BCUT2D eigenvalue weighted by molar-refractivity contribution is 7.17. The zero-order valence-corrected chi connectivity index (χ0v) is 18.3. The van der Waals surface area contributed by atoms with Crippen LogP contribution in [0.4, 0.5) is 5.82 Å². The van der Waals surface area contributed by atoms with Crippen LogP contribution < -0.4 is 4.90 Å². The average molecular weight is 432 g/mol. The van der Waals surface area contributed by atoms with Crippen LogP contribution in [0.2, 0.25) is 5.28 Å². The molecule has 1 aliphatic carbocycles. The third kappa shape index (κ3) is 3.10. The number of aryl methyl sites for hydroxylation is 2. The molecule has 3 heterocycles. The molecule has 3 nitrogen and oxygen atoms in total. The number of hydrogen-bond acceptors (Lipinski definition) is 4. The Morgan fingerprint density at radius 3 is 2.57 bits per heavy atom. The standard InChI is InChI=1S/C25H22ClN3S/c26-25-27-23(29-12-11-17-6-2-4-8-20(17)14-29)22-21(15-30-24(22)28-25)19-10-9-16-5-1-3-7-18(16)13-19/h2,4,6,8-10,13,15H,1,3,5,7,11-12,14H2. The number of aromatic nitrogens is 2. The van der Waals surface area contributed by atoms with Gasteiger partial charge in [0.25, 0.3) is 0 Å². The predicted octanol–water partition coefficient (Wildman–Crippen LogP) is 6.45. The summed E-state index contributed by atoms with van der Waals surface area (Å²) in [6.07, 6.45) is 6.01. The topological polar surface area (TPSA) is 29.0 Å². The molecule has 1 aliphatic heterocycles. The summed E-state index contributed by atoms with van der Waals surface area (Å²) in [6.45, 7) is 1.80. The fourth-order valence-electron chi connectivity index (χ4n) is 4.92. The van der Waals surface area contributed by atoms with E-state index in [-0.39, 0.29) is 0 Å². The Morgan fingerprint density at radius 1 is 0.867 bits per heavy atom. The number of nitrogens with zero attached hydrogens (tertiary/aromatic N) is 3. The van der Waals surface area contributed by atoms with Crippen molar-refractivity contribution in [3.05, 3.63) is 75.4 Å². The van der Waals surface area contributed by atoms with Crippen LogP contribution in [0, 0.1) is 0 Å². The van der Waals surface area contributed by atoms with E-state index in [0.717, 1.165) is 35.5 Å². The van der Waals surface area contributed by atoms with Crippen molar-refractivity contribution in [1.29, 1.82) is 0 Å². The minimum atomic E-state index is 0.329. The first kappa shape index (κ1) is 18.3. The Bertz CT molecular complexity index is 1260. The summed E-state index contributed by atoms with van der Waals surface area (Å²) in [6, 6.07) is 15.7. The third-order valence-corrected chi connectivity index (χ3v) is 7.52. The summed E-state index contributed by atoms with van der Waals surface area (Å²) in [5.41, 5.74) is 8.32. The smallest absolute Gasteiger partial charge is 0.225 e. The minimum Gasteiger partial charge on any atom is -0.351 e. The maximum atomic E-state index is 6.35. The molecule has 0 spiro atoms. The number of fused-ring (bicyclic) bond motifs is 3. The van der Waals surface area contributed by atoms with Gasteiger partial charge >= 0.3 is 0 Å². The van der Waals surface area contributed by atoms with Crippen molar-refractivity contribution in [1.82, 2.24) is 9.97 Å². The molecule has 0 N–H and O–H groups in total. The summed E-state index contributed by atoms with van der Waals surface area (Å²) < 4.78 is 0.